The molecule has 1 aliphatic carbocycles. The summed E-state index contributed by atoms with van der Waals surface area (Å²) in [6.45, 7) is 0. The molecule has 0 saturated carbocycles. The molecule has 2 aromatic carbocycles. The Bertz CT molecular complexity index is 1400. The molecule has 34 heavy (non-hydrogen) atoms. The fraction of sp³-hybridized carbons (Fsp3) is 0.280. The molecule has 1 aliphatic heterocycles. The number of sulfone groups is 1. The maximum absolute atomic E-state index is 13.6. The first kappa shape index (κ1) is 22.3. The van der Waals surface area contributed by atoms with E-state index >= 15 is 0 Å². The Kier molecular flexibility index (Phi) is 5.73. The number of benzene rings is 2. The number of aromatic nitrogens is 2. The molecule has 0 fully saturated rings. The molecule has 0 bridgehead atoms. The smallest absolute Gasteiger partial charge is 0.233 e. The van der Waals surface area contributed by atoms with Gasteiger partial charge in [-0.25, -0.2) is 12.8 Å². The van der Waals surface area contributed by atoms with Gasteiger partial charge in [-0.1, -0.05) is 24.3 Å². The predicted molar refractivity (Wildman–Crippen MR) is 127 cm³/mol. The minimum absolute atomic E-state index is 0.104. The van der Waals surface area contributed by atoms with Crippen LogP contribution in [0.2, 0.25) is 0 Å². The number of rotatable bonds is 5. The highest BCUT2D eigenvalue weighted by atomic mass is 32.2. The van der Waals surface area contributed by atoms with Crippen molar-refractivity contribution in [3.8, 4) is 0 Å². The van der Waals surface area contributed by atoms with Gasteiger partial charge in [0.05, 0.1) is 32.9 Å². The van der Waals surface area contributed by atoms with Crippen molar-refractivity contribution < 1.29 is 17.6 Å². The van der Waals surface area contributed by atoms with Crippen LogP contribution in [0.5, 0.6) is 0 Å². The van der Waals surface area contributed by atoms with E-state index in [-0.39, 0.29) is 27.4 Å². The van der Waals surface area contributed by atoms with E-state index in [9.17, 15) is 17.6 Å². The Balaban J connectivity index is 1.49. The summed E-state index contributed by atoms with van der Waals surface area (Å²) in [4.78, 5) is 13.8. The molecule has 1 amide bonds. The van der Waals surface area contributed by atoms with Crippen LogP contribution in [-0.2, 0) is 21.7 Å². The Labute approximate surface area is 197 Å². The number of allylic oxidation sites excluding steroid dienone is 2. The van der Waals surface area contributed by atoms with E-state index in [4.69, 9.17) is 0 Å². The lowest BCUT2D eigenvalue weighted by atomic mass is 9.82. The molecule has 2 atom stereocenters. The maximum atomic E-state index is 13.6. The number of hydrogen-bond donors (Lipinski definition) is 2. The first-order chi connectivity index (χ1) is 16.3. The number of hydrogen-bond acceptors (Lipinski definition) is 5. The molecule has 0 radical (unpaired) electrons. The number of amides is 1. The number of aryl methyl sites for hydroxylation is 1. The number of halogens is 1. The highest BCUT2D eigenvalue weighted by Gasteiger charge is 2.32. The third-order valence-corrected chi connectivity index (χ3v) is 8.33. The van der Waals surface area contributed by atoms with Crippen molar-refractivity contribution in [1.82, 2.24) is 9.78 Å². The van der Waals surface area contributed by atoms with Gasteiger partial charge in [-0.05, 0) is 61.4 Å². The van der Waals surface area contributed by atoms with Crippen LogP contribution >= 0.6 is 0 Å². The number of anilines is 3. The van der Waals surface area contributed by atoms with Gasteiger partial charge in [0.15, 0.2) is 5.82 Å². The monoisotopic (exact) mass is 480 g/mol. The standard InChI is InChI=1S/C25H25FN4O3S/c1-30-13-12-24(29-30)28-25(31)19(14-16-6-9-18(26)10-7-16)17-8-11-23-21(15-17)27-20-4-2-3-5-22(20)34(23,32)33/h2-5,8-9,11-13,15-16,19,27H,6-7,10,14H2,1H3,(H,28,29,31). The molecule has 1 aromatic heterocycles. The molecule has 0 spiro atoms. The molecule has 176 valence electrons. The Morgan fingerprint density at radius 2 is 2.00 bits per heavy atom. The van der Waals surface area contributed by atoms with Crippen molar-refractivity contribution in [2.24, 2.45) is 13.0 Å². The SMILES string of the molecule is Cn1ccc(NC(=O)C(CC2CC=C(F)CC2)c2ccc3c(c2)Nc2ccccc2S3(=O)=O)n1. The van der Waals surface area contributed by atoms with Crippen molar-refractivity contribution in [1.29, 1.82) is 0 Å². The van der Waals surface area contributed by atoms with E-state index in [2.05, 4.69) is 15.7 Å². The summed E-state index contributed by atoms with van der Waals surface area (Å²) in [6.07, 6.45) is 5.47. The van der Waals surface area contributed by atoms with Crippen molar-refractivity contribution in [2.75, 3.05) is 10.6 Å². The van der Waals surface area contributed by atoms with Crippen molar-refractivity contribution in [3.63, 3.8) is 0 Å². The molecule has 5 rings (SSSR count). The summed E-state index contributed by atoms with van der Waals surface area (Å²) < 4.78 is 41.4. The predicted octanol–water partition coefficient (Wildman–Crippen LogP) is 5.08. The van der Waals surface area contributed by atoms with Crippen molar-refractivity contribution >= 4 is 32.9 Å². The third-order valence-electron chi connectivity index (χ3n) is 6.46. The van der Waals surface area contributed by atoms with E-state index in [0.29, 0.717) is 48.4 Å². The van der Waals surface area contributed by atoms with Gasteiger partial charge in [-0.15, -0.1) is 0 Å². The van der Waals surface area contributed by atoms with Crippen LogP contribution in [0.25, 0.3) is 0 Å². The van der Waals surface area contributed by atoms with Gasteiger partial charge >= 0.3 is 0 Å². The molecule has 0 saturated heterocycles. The lowest BCUT2D eigenvalue weighted by Gasteiger charge is -2.26. The number of fused-ring (bicyclic) bond motifs is 2. The first-order valence-electron chi connectivity index (χ1n) is 11.2. The quantitative estimate of drug-likeness (QED) is 0.416. The van der Waals surface area contributed by atoms with Crippen LogP contribution < -0.4 is 10.6 Å². The zero-order valence-electron chi connectivity index (χ0n) is 18.7. The summed E-state index contributed by atoms with van der Waals surface area (Å²) >= 11 is 0. The maximum Gasteiger partial charge on any atom is 0.233 e. The summed E-state index contributed by atoms with van der Waals surface area (Å²) in [5.74, 6) is -0.291. The van der Waals surface area contributed by atoms with Crippen LogP contribution in [0.4, 0.5) is 21.6 Å². The normalized spacial score (nSPS) is 19.2. The second kappa shape index (κ2) is 8.72. The van der Waals surface area contributed by atoms with Crippen molar-refractivity contribution in [2.45, 2.75) is 41.4 Å². The molecule has 2 unspecified atom stereocenters. The first-order valence-corrected chi connectivity index (χ1v) is 12.7. The molecular formula is C25H25FN4O3S. The van der Waals surface area contributed by atoms with E-state index in [0.717, 1.165) is 0 Å². The summed E-state index contributed by atoms with van der Waals surface area (Å²) in [5, 5.41) is 10.3. The summed E-state index contributed by atoms with van der Waals surface area (Å²) in [6, 6.07) is 13.5. The van der Waals surface area contributed by atoms with Gasteiger partial charge in [0.2, 0.25) is 15.7 Å². The Morgan fingerprint density at radius 3 is 2.74 bits per heavy atom. The van der Waals surface area contributed by atoms with Crippen LogP contribution in [0, 0.1) is 5.92 Å². The zero-order valence-corrected chi connectivity index (χ0v) is 19.5. The highest BCUT2D eigenvalue weighted by Crippen LogP contribution is 2.42. The van der Waals surface area contributed by atoms with Gasteiger partial charge < -0.3 is 10.6 Å². The number of carbonyl (C=O) groups excluding carboxylic acids is 1. The highest BCUT2D eigenvalue weighted by molar-refractivity contribution is 7.92. The van der Waals surface area contributed by atoms with Gasteiger partial charge in [0.25, 0.3) is 0 Å². The largest absolute Gasteiger partial charge is 0.353 e. The van der Waals surface area contributed by atoms with Crippen LogP contribution in [0.15, 0.2) is 76.4 Å². The van der Waals surface area contributed by atoms with Gasteiger partial charge in [0.1, 0.15) is 0 Å². The molecule has 9 heteroatoms. The molecule has 2 N–H and O–H groups in total. The fourth-order valence-corrected chi connectivity index (χ4v) is 6.21. The molecule has 3 aromatic rings. The number of nitrogens with zero attached hydrogens (tertiary/aromatic N) is 2. The average Bonchev–Trinajstić information content (AvgIpc) is 3.22. The van der Waals surface area contributed by atoms with Crippen LogP contribution in [0.1, 0.15) is 37.2 Å². The van der Waals surface area contributed by atoms with E-state index in [1.54, 1.807) is 72.5 Å². The number of nitrogens with one attached hydrogen (secondary N) is 2. The summed E-state index contributed by atoms with van der Waals surface area (Å²) in [7, 11) is -1.90. The van der Waals surface area contributed by atoms with Gasteiger partial charge in [0, 0.05) is 19.3 Å². The second-order valence-electron chi connectivity index (χ2n) is 8.82. The van der Waals surface area contributed by atoms with Crippen LogP contribution in [0.3, 0.4) is 0 Å². The number of para-hydroxylation sites is 1. The van der Waals surface area contributed by atoms with E-state index < -0.39 is 15.8 Å². The molecule has 2 heterocycles. The van der Waals surface area contributed by atoms with Crippen LogP contribution in [-0.4, -0.2) is 24.1 Å². The fourth-order valence-electron chi connectivity index (χ4n) is 4.66. The second-order valence-corrected chi connectivity index (χ2v) is 10.7. The van der Waals surface area contributed by atoms with Gasteiger partial charge in [-0.2, -0.15) is 5.10 Å². The Hall–Kier alpha value is -3.46. The topological polar surface area (TPSA) is 93.1 Å². The average molecular weight is 481 g/mol. The van der Waals surface area contributed by atoms with Crippen molar-refractivity contribution in [3.05, 3.63) is 72.2 Å². The Morgan fingerprint density at radius 1 is 1.21 bits per heavy atom. The summed E-state index contributed by atoms with van der Waals surface area (Å²) in [5.41, 5.74) is 1.65. The molecule has 7 nitrogen and oxygen atoms in total. The zero-order chi connectivity index (χ0) is 23.9. The third kappa shape index (κ3) is 4.23. The molecular weight excluding hydrogens is 455 g/mol. The van der Waals surface area contributed by atoms with E-state index in [1.165, 1.54) is 0 Å². The lowest BCUT2D eigenvalue weighted by molar-refractivity contribution is -0.118. The lowest BCUT2D eigenvalue weighted by Crippen LogP contribution is -2.25. The van der Waals surface area contributed by atoms with Gasteiger partial charge in [-0.3, -0.25) is 9.48 Å². The minimum Gasteiger partial charge on any atom is -0.353 e. The minimum atomic E-state index is -3.67. The number of carbonyl (C=O) groups is 1. The molecule has 2 aliphatic rings. The van der Waals surface area contributed by atoms with E-state index in [1.807, 2.05) is 0 Å².